The van der Waals surface area contributed by atoms with E-state index in [0.29, 0.717) is 58.1 Å². The maximum atomic E-state index is 14.2. The van der Waals surface area contributed by atoms with Gasteiger partial charge in [0.05, 0.1) is 28.3 Å². The molecule has 0 radical (unpaired) electrons. The molecule has 5 aromatic rings. The Morgan fingerprint density at radius 3 is 2.70 bits per heavy atom. The SMILES string of the molecule is Cc1nn2cccnc2c1C(=O)NC(C)c1nc2cccc(C#CC3CCOCC3)c2c(=O)n1-c1ccccc1. The molecular formula is C31H28N6O3. The van der Waals surface area contributed by atoms with E-state index in [1.54, 1.807) is 34.5 Å². The van der Waals surface area contributed by atoms with Crippen LogP contribution in [0.5, 0.6) is 0 Å². The predicted molar refractivity (Wildman–Crippen MR) is 151 cm³/mol. The number of benzene rings is 2. The quantitative estimate of drug-likeness (QED) is 0.351. The summed E-state index contributed by atoms with van der Waals surface area (Å²) in [6, 6.07) is 16.0. The van der Waals surface area contributed by atoms with Gasteiger partial charge in [-0.1, -0.05) is 36.1 Å². The molecule has 9 nitrogen and oxygen atoms in total. The number of carbonyl (C=O) groups excluding carboxylic acids is 1. The lowest BCUT2D eigenvalue weighted by molar-refractivity contribution is 0.0807. The third-order valence-corrected chi connectivity index (χ3v) is 7.10. The van der Waals surface area contributed by atoms with Gasteiger partial charge in [0.15, 0.2) is 5.65 Å². The normalized spacial score (nSPS) is 14.6. The van der Waals surface area contributed by atoms with Gasteiger partial charge in [0, 0.05) is 37.1 Å². The van der Waals surface area contributed by atoms with Crippen LogP contribution in [0.1, 0.15) is 53.2 Å². The minimum absolute atomic E-state index is 0.237. The maximum absolute atomic E-state index is 14.2. The number of carbonyl (C=O) groups is 1. The number of amides is 1. The molecule has 1 aliphatic heterocycles. The van der Waals surface area contributed by atoms with Gasteiger partial charge in [-0.05, 0) is 57.0 Å². The zero-order valence-corrected chi connectivity index (χ0v) is 22.3. The summed E-state index contributed by atoms with van der Waals surface area (Å²) >= 11 is 0. The second kappa shape index (κ2) is 10.8. The van der Waals surface area contributed by atoms with Crippen LogP contribution in [-0.2, 0) is 4.74 Å². The highest BCUT2D eigenvalue weighted by Crippen LogP contribution is 2.22. The zero-order valence-electron chi connectivity index (χ0n) is 22.3. The Balaban J connectivity index is 1.45. The van der Waals surface area contributed by atoms with Crippen molar-refractivity contribution in [2.24, 2.45) is 5.92 Å². The molecule has 200 valence electrons. The van der Waals surface area contributed by atoms with Crippen LogP contribution in [0.4, 0.5) is 0 Å². The Hall–Kier alpha value is -4.81. The Kier molecular flexibility index (Phi) is 6.84. The fourth-order valence-corrected chi connectivity index (χ4v) is 5.09. The number of fused-ring (bicyclic) bond motifs is 2. The summed E-state index contributed by atoms with van der Waals surface area (Å²) in [5.74, 6) is 6.90. The molecule has 1 fully saturated rings. The van der Waals surface area contributed by atoms with E-state index >= 15 is 0 Å². The summed E-state index contributed by atoms with van der Waals surface area (Å²) in [7, 11) is 0. The van der Waals surface area contributed by atoms with Gasteiger partial charge < -0.3 is 10.1 Å². The van der Waals surface area contributed by atoms with Crippen molar-refractivity contribution in [2.75, 3.05) is 13.2 Å². The number of aromatic nitrogens is 5. The molecule has 0 spiro atoms. The van der Waals surface area contributed by atoms with Crippen LogP contribution >= 0.6 is 0 Å². The molecule has 1 unspecified atom stereocenters. The molecule has 1 atom stereocenters. The second-order valence-corrected chi connectivity index (χ2v) is 9.85. The van der Waals surface area contributed by atoms with Gasteiger partial charge in [-0.15, -0.1) is 0 Å². The van der Waals surface area contributed by atoms with Crippen molar-refractivity contribution in [3.8, 4) is 17.5 Å². The number of aryl methyl sites for hydroxylation is 1. The van der Waals surface area contributed by atoms with Gasteiger partial charge in [0.1, 0.15) is 11.4 Å². The van der Waals surface area contributed by atoms with Crippen LogP contribution in [0, 0.1) is 24.7 Å². The van der Waals surface area contributed by atoms with Crippen molar-refractivity contribution in [3.05, 3.63) is 100.0 Å². The van der Waals surface area contributed by atoms with Gasteiger partial charge in [-0.3, -0.25) is 14.2 Å². The minimum Gasteiger partial charge on any atom is -0.381 e. The van der Waals surface area contributed by atoms with Crippen LogP contribution < -0.4 is 10.9 Å². The first-order valence-corrected chi connectivity index (χ1v) is 13.3. The fraction of sp³-hybridized carbons (Fsp3) is 0.258. The van der Waals surface area contributed by atoms with Crippen LogP contribution in [0.2, 0.25) is 0 Å². The first-order valence-electron chi connectivity index (χ1n) is 13.3. The number of rotatable bonds is 4. The molecule has 3 aromatic heterocycles. The Bertz CT molecular complexity index is 1840. The average Bonchev–Trinajstić information content (AvgIpc) is 3.32. The van der Waals surface area contributed by atoms with Crippen molar-refractivity contribution in [3.63, 3.8) is 0 Å². The molecular weight excluding hydrogens is 504 g/mol. The minimum atomic E-state index is -0.611. The average molecular weight is 533 g/mol. The summed E-state index contributed by atoms with van der Waals surface area (Å²) in [5, 5.41) is 7.87. The first-order chi connectivity index (χ1) is 19.5. The molecule has 1 amide bonds. The van der Waals surface area contributed by atoms with Crippen molar-refractivity contribution < 1.29 is 9.53 Å². The molecule has 0 saturated carbocycles. The highest BCUT2D eigenvalue weighted by molar-refractivity contribution is 6.01. The predicted octanol–water partition coefficient (Wildman–Crippen LogP) is 4.01. The highest BCUT2D eigenvalue weighted by atomic mass is 16.5. The monoisotopic (exact) mass is 532 g/mol. The van der Waals surface area contributed by atoms with E-state index in [4.69, 9.17) is 9.72 Å². The van der Waals surface area contributed by atoms with Crippen molar-refractivity contribution >= 4 is 22.5 Å². The second-order valence-electron chi connectivity index (χ2n) is 9.85. The standard InChI is InChI=1S/C31H28N6O3/c1-20-26(29-32-16-7-17-36(29)35-20)30(38)33-21(2)28-34-25-11-6-8-23(13-12-22-14-18-40-19-15-22)27(25)31(39)37(28)24-9-4-3-5-10-24/h3-11,16-17,21-22H,14-15,18-19H2,1-2H3,(H,33,38). The van der Waals surface area contributed by atoms with Gasteiger partial charge in [-0.2, -0.15) is 5.10 Å². The van der Waals surface area contributed by atoms with Crippen LogP contribution in [-0.4, -0.2) is 43.3 Å². The summed E-state index contributed by atoms with van der Waals surface area (Å²) in [6.45, 7) is 4.99. The zero-order chi connectivity index (χ0) is 27.6. The summed E-state index contributed by atoms with van der Waals surface area (Å²) in [6.07, 6.45) is 5.13. The number of nitrogens with zero attached hydrogens (tertiary/aromatic N) is 5. The van der Waals surface area contributed by atoms with Crippen molar-refractivity contribution in [2.45, 2.75) is 32.7 Å². The van der Waals surface area contributed by atoms with E-state index < -0.39 is 6.04 Å². The Morgan fingerprint density at radius 1 is 1.10 bits per heavy atom. The maximum Gasteiger partial charge on any atom is 0.267 e. The Morgan fingerprint density at radius 2 is 1.90 bits per heavy atom. The van der Waals surface area contributed by atoms with Crippen molar-refractivity contribution in [1.29, 1.82) is 0 Å². The molecule has 0 bridgehead atoms. The molecule has 2 aromatic carbocycles. The van der Waals surface area contributed by atoms with Crippen LogP contribution in [0.25, 0.3) is 22.2 Å². The van der Waals surface area contributed by atoms with E-state index in [0.717, 1.165) is 12.8 Å². The van der Waals surface area contributed by atoms with Gasteiger partial charge in [-0.25, -0.2) is 14.5 Å². The first kappa shape index (κ1) is 25.5. The molecule has 1 saturated heterocycles. The molecule has 6 rings (SSSR count). The number of ether oxygens (including phenoxy) is 1. The molecule has 40 heavy (non-hydrogen) atoms. The molecule has 4 heterocycles. The molecule has 1 N–H and O–H groups in total. The van der Waals surface area contributed by atoms with Crippen molar-refractivity contribution in [1.82, 2.24) is 29.5 Å². The number of para-hydroxylation sites is 1. The lowest BCUT2D eigenvalue weighted by Gasteiger charge is -2.20. The Labute approximate surface area is 230 Å². The van der Waals surface area contributed by atoms with E-state index in [1.165, 1.54) is 0 Å². The van der Waals surface area contributed by atoms with E-state index in [1.807, 2.05) is 55.5 Å². The summed E-state index contributed by atoms with van der Waals surface area (Å²) < 4.78 is 8.59. The third kappa shape index (κ3) is 4.74. The smallest absolute Gasteiger partial charge is 0.267 e. The largest absolute Gasteiger partial charge is 0.381 e. The van der Waals surface area contributed by atoms with E-state index in [-0.39, 0.29) is 17.4 Å². The molecule has 1 aliphatic rings. The van der Waals surface area contributed by atoms with Gasteiger partial charge in [0.2, 0.25) is 0 Å². The lowest BCUT2D eigenvalue weighted by Crippen LogP contribution is -2.33. The highest BCUT2D eigenvalue weighted by Gasteiger charge is 2.24. The number of hydrogen-bond donors (Lipinski definition) is 1. The topological polar surface area (TPSA) is 103 Å². The lowest BCUT2D eigenvalue weighted by atomic mass is 10.00. The fourth-order valence-electron chi connectivity index (χ4n) is 5.09. The summed E-state index contributed by atoms with van der Waals surface area (Å²) in [4.78, 5) is 36.9. The van der Waals surface area contributed by atoms with E-state index in [2.05, 4.69) is 27.2 Å². The molecule has 9 heteroatoms. The third-order valence-electron chi connectivity index (χ3n) is 7.10. The van der Waals surface area contributed by atoms with Crippen LogP contribution in [0.15, 0.2) is 71.8 Å². The summed E-state index contributed by atoms with van der Waals surface area (Å²) in [5.41, 5.74) is 2.99. The number of hydrogen-bond acceptors (Lipinski definition) is 6. The van der Waals surface area contributed by atoms with Crippen LogP contribution in [0.3, 0.4) is 0 Å². The van der Waals surface area contributed by atoms with Gasteiger partial charge >= 0.3 is 0 Å². The number of nitrogens with one attached hydrogen (secondary N) is 1. The molecule has 0 aliphatic carbocycles. The van der Waals surface area contributed by atoms with Gasteiger partial charge in [0.25, 0.3) is 11.5 Å². The van der Waals surface area contributed by atoms with E-state index in [9.17, 15) is 9.59 Å².